The molecule has 34 heavy (non-hydrogen) atoms. The average Bonchev–Trinajstić information content (AvgIpc) is 2.88. The number of pyridine rings is 1. The third-order valence-corrected chi connectivity index (χ3v) is 7.65. The number of ether oxygens (including phenoxy) is 2. The van der Waals surface area contributed by atoms with Crippen molar-refractivity contribution in [2.45, 2.75) is 56.4 Å². The number of halogens is 2. The Balaban J connectivity index is 1.17. The van der Waals surface area contributed by atoms with Crippen molar-refractivity contribution in [3.8, 4) is 0 Å². The van der Waals surface area contributed by atoms with E-state index in [9.17, 15) is 13.6 Å². The van der Waals surface area contributed by atoms with Crippen LogP contribution in [0.25, 0.3) is 0 Å². The predicted octanol–water partition coefficient (Wildman–Crippen LogP) is 3.65. The third-order valence-electron chi connectivity index (χ3n) is 7.65. The lowest BCUT2D eigenvalue weighted by Crippen LogP contribution is -2.58. The molecular formula is C26H31F2N3O3. The first-order valence-corrected chi connectivity index (χ1v) is 12.1. The van der Waals surface area contributed by atoms with Crippen molar-refractivity contribution in [2.24, 2.45) is 0 Å². The van der Waals surface area contributed by atoms with Crippen molar-refractivity contribution in [3.63, 3.8) is 0 Å². The summed E-state index contributed by atoms with van der Waals surface area (Å²) in [5.41, 5.74) is 2.78. The largest absolute Gasteiger partial charge is 0.346 e. The number of aromatic nitrogens is 1. The minimum Gasteiger partial charge on any atom is -0.346 e. The lowest BCUT2D eigenvalue weighted by Gasteiger charge is -2.45. The number of carbonyl (C=O) groups is 1. The van der Waals surface area contributed by atoms with Gasteiger partial charge in [-0.3, -0.25) is 14.7 Å². The Labute approximate surface area is 198 Å². The highest BCUT2D eigenvalue weighted by atomic mass is 19.1. The standard InChI is InChI=1S/C26H31F2N3O3/c1-33-26(25(32)31-13-9-24-20(16-31)14-22(28)15-29-24)10-6-23(17-34-26)30-11-7-19(8-12-30)18-2-4-21(27)5-3-18/h2-5,14-15,19,23H,6-13,16-17H2,1H3/t23-,26-/m1/s1. The molecule has 2 aromatic rings. The molecule has 0 N–H and O–H groups in total. The Kier molecular flexibility index (Phi) is 6.64. The number of benzene rings is 1. The van der Waals surface area contributed by atoms with Crippen LogP contribution in [0.1, 0.15) is 48.4 Å². The molecule has 5 rings (SSSR count). The monoisotopic (exact) mass is 471 g/mol. The Morgan fingerprint density at radius 1 is 1.12 bits per heavy atom. The number of hydrogen-bond acceptors (Lipinski definition) is 5. The van der Waals surface area contributed by atoms with Gasteiger partial charge in [0.05, 0.1) is 12.8 Å². The highest BCUT2D eigenvalue weighted by Gasteiger charge is 2.47. The van der Waals surface area contributed by atoms with E-state index in [1.807, 2.05) is 12.1 Å². The van der Waals surface area contributed by atoms with Crippen molar-refractivity contribution in [1.29, 1.82) is 0 Å². The molecule has 0 saturated carbocycles. The van der Waals surface area contributed by atoms with Crippen molar-refractivity contribution in [3.05, 3.63) is 65.0 Å². The third kappa shape index (κ3) is 4.59. The number of nitrogens with zero attached hydrogens (tertiary/aromatic N) is 3. The molecule has 1 aromatic carbocycles. The van der Waals surface area contributed by atoms with Crippen molar-refractivity contribution in [1.82, 2.24) is 14.8 Å². The number of rotatable bonds is 4. The van der Waals surface area contributed by atoms with Crippen LogP contribution in [-0.4, -0.2) is 65.9 Å². The van der Waals surface area contributed by atoms with Crippen molar-refractivity contribution < 1.29 is 23.0 Å². The first kappa shape index (κ1) is 23.3. The fourth-order valence-electron chi connectivity index (χ4n) is 5.59. The smallest absolute Gasteiger partial charge is 0.283 e. The zero-order valence-corrected chi connectivity index (χ0v) is 19.5. The maximum atomic E-state index is 13.6. The average molecular weight is 472 g/mol. The van der Waals surface area contributed by atoms with Crippen LogP contribution in [0.3, 0.4) is 0 Å². The molecule has 0 radical (unpaired) electrons. The van der Waals surface area contributed by atoms with Crippen LogP contribution < -0.4 is 0 Å². The summed E-state index contributed by atoms with van der Waals surface area (Å²) in [5.74, 6) is -1.63. The molecule has 3 aliphatic heterocycles. The molecule has 0 spiro atoms. The zero-order chi connectivity index (χ0) is 23.7. The van der Waals surface area contributed by atoms with E-state index in [4.69, 9.17) is 9.47 Å². The van der Waals surface area contributed by atoms with Crippen molar-refractivity contribution >= 4 is 5.91 Å². The molecule has 4 heterocycles. The van der Waals surface area contributed by atoms with E-state index in [0.717, 1.165) is 43.6 Å². The molecule has 2 fully saturated rings. The fraction of sp³-hybridized carbons (Fsp3) is 0.538. The first-order valence-electron chi connectivity index (χ1n) is 12.1. The van der Waals surface area contributed by atoms with Gasteiger partial charge >= 0.3 is 0 Å². The second-order valence-electron chi connectivity index (χ2n) is 9.56. The molecule has 0 unspecified atom stereocenters. The van der Waals surface area contributed by atoms with Crippen LogP contribution in [0.2, 0.25) is 0 Å². The van der Waals surface area contributed by atoms with Crippen LogP contribution >= 0.6 is 0 Å². The molecule has 2 saturated heterocycles. The first-order chi connectivity index (χ1) is 16.5. The number of carbonyl (C=O) groups excluding carboxylic acids is 1. The lowest BCUT2D eigenvalue weighted by molar-refractivity contribution is -0.251. The summed E-state index contributed by atoms with van der Waals surface area (Å²) in [7, 11) is 1.52. The van der Waals surface area contributed by atoms with E-state index in [1.165, 1.54) is 37.1 Å². The Morgan fingerprint density at radius 3 is 2.56 bits per heavy atom. The molecule has 0 aliphatic carbocycles. The summed E-state index contributed by atoms with van der Waals surface area (Å²) in [6, 6.07) is 8.54. The molecule has 1 aromatic heterocycles. The number of fused-ring (bicyclic) bond motifs is 1. The van der Waals surface area contributed by atoms with E-state index >= 15 is 0 Å². The van der Waals surface area contributed by atoms with E-state index < -0.39 is 11.6 Å². The van der Waals surface area contributed by atoms with Gasteiger partial charge in [-0.1, -0.05) is 12.1 Å². The minimum absolute atomic E-state index is 0.196. The Morgan fingerprint density at radius 2 is 1.88 bits per heavy atom. The van der Waals surface area contributed by atoms with E-state index in [-0.39, 0.29) is 17.8 Å². The van der Waals surface area contributed by atoms with Crippen molar-refractivity contribution in [2.75, 3.05) is 33.4 Å². The molecule has 2 atom stereocenters. The summed E-state index contributed by atoms with van der Waals surface area (Å²) >= 11 is 0. The van der Waals surface area contributed by atoms with Crippen LogP contribution in [-0.2, 0) is 27.2 Å². The summed E-state index contributed by atoms with van der Waals surface area (Å²) in [4.78, 5) is 21.7. The maximum Gasteiger partial charge on any atom is 0.283 e. The maximum absolute atomic E-state index is 13.6. The van der Waals surface area contributed by atoms with Gasteiger partial charge in [-0.05, 0) is 67.6 Å². The van der Waals surface area contributed by atoms with Gasteiger partial charge < -0.3 is 14.4 Å². The van der Waals surface area contributed by atoms with E-state index in [1.54, 1.807) is 4.90 Å². The fourth-order valence-corrected chi connectivity index (χ4v) is 5.59. The van der Waals surface area contributed by atoms with Gasteiger partial charge in [0.1, 0.15) is 11.6 Å². The van der Waals surface area contributed by atoms with Gasteiger partial charge in [-0.15, -0.1) is 0 Å². The molecule has 3 aliphatic rings. The van der Waals surface area contributed by atoms with Gasteiger partial charge in [-0.25, -0.2) is 8.78 Å². The quantitative estimate of drug-likeness (QED) is 0.682. The number of piperidine rings is 1. The SMILES string of the molecule is CO[C@]1(C(=O)N2CCc3ncc(F)cc3C2)CC[C@@H](N2CCC(c3ccc(F)cc3)CC2)CO1. The van der Waals surface area contributed by atoms with Crippen LogP contribution in [0.5, 0.6) is 0 Å². The van der Waals surface area contributed by atoms with Gasteiger partial charge in [0.2, 0.25) is 5.79 Å². The number of methoxy groups -OCH3 is 1. The normalized spacial score (nSPS) is 26.3. The molecular weight excluding hydrogens is 440 g/mol. The predicted molar refractivity (Wildman–Crippen MR) is 122 cm³/mol. The van der Waals surface area contributed by atoms with Crippen LogP contribution in [0.15, 0.2) is 36.5 Å². The minimum atomic E-state index is -1.29. The summed E-state index contributed by atoms with van der Waals surface area (Å²) in [6.07, 6.45) is 5.15. The van der Waals surface area contributed by atoms with Gasteiger partial charge in [-0.2, -0.15) is 0 Å². The number of likely N-dealkylation sites (tertiary alicyclic amines) is 1. The van der Waals surface area contributed by atoms with Crippen LogP contribution in [0.4, 0.5) is 8.78 Å². The second-order valence-corrected chi connectivity index (χ2v) is 9.56. The highest BCUT2D eigenvalue weighted by Crippen LogP contribution is 2.35. The molecule has 8 heteroatoms. The Hall–Kier alpha value is -2.42. The summed E-state index contributed by atoms with van der Waals surface area (Å²) in [6.45, 7) is 3.16. The molecule has 1 amide bonds. The van der Waals surface area contributed by atoms with Gasteiger partial charge in [0.25, 0.3) is 5.91 Å². The number of amides is 1. The summed E-state index contributed by atoms with van der Waals surface area (Å²) < 4.78 is 38.7. The van der Waals surface area contributed by atoms with E-state index in [2.05, 4.69) is 9.88 Å². The van der Waals surface area contributed by atoms with Crippen LogP contribution in [0, 0.1) is 11.6 Å². The number of hydrogen-bond donors (Lipinski definition) is 0. The molecule has 182 valence electrons. The zero-order valence-electron chi connectivity index (χ0n) is 19.5. The van der Waals surface area contributed by atoms with E-state index in [0.29, 0.717) is 38.5 Å². The molecule has 0 bridgehead atoms. The topological polar surface area (TPSA) is 54.9 Å². The summed E-state index contributed by atoms with van der Waals surface area (Å²) in [5, 5.41) is 0. The lowest BCUT2D eigenvalue weighted by atomic mass is 9.88. The highest BCUT2D eigenvalue weighted by molar-refractivity contribution is 5.84. The Bertz CT molecular complexity index is 1020. The second kappa shape index (κ2) is 9.68. The molecule has 6 nitrogen and oxygen atoms in total. The van der Waals surface area contributed by atoms with Gasteiger partial charge in [0, 0.05) is 44.8 Å². The van der Waals surface area contributed by atoms with Gasteiger partial charge in [0.15, 0.2) is 0 Å².